The molecule has 4 aromatic rings. The first-order valence-electron chi connectivity index (χ1n) is 14.3. The zero-order valence-electron chi connectivity index (χ0n) is 25.3. The van der Waals surface area contributed by atoms with Crippen molar-refractivity contribution in [1.29, 1.82) is 0 Å². The molecule has 0 N–H and O–H groups in total. The third kappa shape index (κ3) is 5.90. The minimum Gasteiger partial charge on any atom is -0.496 e. The molecule has 0 spiro atoms. The Hall–Kier alpha value is -4.70. The molecule has 0 aliphatic carbocycles. The van der Waals surface area contributed by atoms with Crippen molar-refractivity contribution in [2.24, 2.45) is 4.99 Å². The number of rotatable bonds is 10. The predicted molar refractivity (Wildman–Crippen MR) is 168 cm³/mol. The summed E-state index contributed by atoms with van der Waals surface area (Å²) in [5.41, 5.74) is 2.55. The topological polar surface area (TPSA) is 82.4 Å². The number of hydrogen-bond donors (Lipinski definition) is 0. The van der Waals surface area contributed by atoms with E-state index in [0.717, 1.165) is 0 Å². The largest absolute Gasteiger partial charge is 0.496 e. The lowest BCUT2D eigenvalue weighted by molar-refractivity contribution is -0.127. The van der Waals surface area contributed by atoms with Crippen molar-refractivity contribution in [1.82, 2.24) is 9.47 Å². The van der Waals surface area contributed by atoms with Crippen LogP contribution < -0.4 is 29.1 Å². The zero-order chi connectivity index (χ0) is 31.4. The van der Waals surface area contributed by atoms with Crippen molar-refractivity contribution in [2.45, 2.75) is 33.4 Å². The molecule has 1 amide bonds. The number of methoxy groups -OCH3 is 2. The van der Waals surface area contributed by atoms with Crippen molar-refractivity contribution in [3.63, 3.8) is 0 Å². The summed E-state index contributed by atoms with van der Waals surface area (Å²) >= 11 is 1.25. The van der Waals surface area contributed by atoms with Crippen LogP contribution in [0.15, 0.2) is 87.8 Å². The first-order chi connectivity index (χ1) is 21.3. The van der Waals surface area contributed by atoms with Crippen LogP contribution in [-0.2, 0) is 11.4 Å². The van der Waals surface area contributed by atoms with Crippen LogP contribution in [0, 0.1) is 5.82 Å². The normalized spacial score (nSPS) is 14.6. The fraction of sp³-hybridized carbons (Fsp3) is 0.265. The second kappa shape index (κ2) is 13.3. The van der Waals surface area contributed by atoms with Crippen LogP contribution in [0.25, 0.3) is 6.08 Å². The number of para-hydroxylation sites is 1. The molecule has 0 bridgehead atoms. The summed E-state index contributed by atoms with van der Waals surface area (Å²) in [5, 5.41) is 0. The highest BCUT2D eigenvalue weighted by molar-refractivity contribution is 7.07. The number of halogens is 1. The maximum Gasteiger partial charge on any atom is 0.271 e. The minimum atomic E-state index is -0.721. The van der Waals surface area contributed by atoms with Crippen LogP contribution in [-0.4, -0.2) is 42.7 Å². The maximum absolute atomic E-state index is 14.1. The number of benzene rings is 3. The Bertz CT molecular complexity index is 1910. The first kappa shape index (κ1) is 30.7. The van der Waals surface area contributed by atoms with E-state index in [1.807, 2.05) is 38.1 Å². The molecule has 0 saturated carbocycles. The average Bonchev–Trinajstić information content (AvgIpc) is 3.34. The van der Waals surface area contributed by atoms with Gasteiger partial charge in [-0.1, -0.05) is 53.8 Å². The number of fused-ring (bicyclic) bond motifs is 1. The smallest absolute Gasteiger partial charge is 0.271 e. The van der Waals surface area contributed by atoms with E-state index in [0.29, 0.717) is 67.6 Å². The highest BCUT2D eigenvalue weighted by Crippen LogP contribution is 2.36. The van der Waals surface area contributed by atoms with Gasteiger partial charge < -0.3 is 19.1 Å². The second-order valence-electron chi connectivity index (χ2n) is 10.1. The van der Waals surface area contributed by atoms with E-state index in [4.69, 9.17) is 19.2 Å². The number of amides is 1. The van der Waals surface area contributed by atoms with Gasteiger partial charge in [0.15, 0.2) is 16.3 Å². The highest BCUT2D eigenvalue weighted by Gasteiger charge is 2.35. The SMILES string of the molecule is CCN(CC)C(=O)C1=C(C)N=c2s/c(=C/c3ccc(OCc4ccccc4F)c(OC)c3)c(=O)n2[C@@H]1c1ccccc1OC. The summed E-state index contributed by atoms with van der Waals surface area (Å²) in [7, 11) is 3.09. The molecule has 2 heterocycles. The lowest BCUT2D eigenvalue weighted by Gasteiger charge is -2.29. The molecule has 10 heteroatoms. The number of likely N-dealkylation sites (N-methyl/N-ethyl adjacent to an activating group) is 1. The van der Waals surface area contributed by atoms with E-state index in [1.165, 1.54) is 24.5 Å². The molecular weight excluding hydrogens is 581 g/mol. The Morgan fingerprint density at radius 3 is 2.41 bits per heavy atom. The van der Waals surface area contributed by atoms with Gasteiger partial charge in [0.25, 0.3) is 11.5 Å². The molecule has 228 valence electrons. The third-order valence-electron chi connectivity index (χ3n) is 7.56. The molecule has 0 fully saturated rings. The number of nitrogens with zero attached hydrogens (tertiary/aromatic N) is 3. The highest BCUT2D eigenvalue weighted by atomic mass is 32.1. The van der Waals surface area contributed by atoms with Crippen LogP contribution in [0.5, 0.6) is 17.2 Å². The van der Waals surface area contributed by atoms with Crippen molar-refractivity contribution in [2.75, 3.05) is 27.3 Å². The monoisotopic (exact) mass is 615 g/mol. The van der Waals surface area contributed by atoms with Gasteiger partial charge in [-0.15, -0.1) is 0 Å². The van der Waals surface area contributed by atoms with Crippen LogP contribution in [0.3, 0.4) is 0 Å². The molecule has 0 radical (unpaired) electrons. The van der Waals surface area contributed by atoms with Gasteiger partial charge in [-0.2, -0.15) is 0 Å². The fourth-order valence-electron chi connectivity index (χ4n) is 5.28. The number of allylic oxidation sites excluding steroid dienone is 1. The van der Waals surface area contributed by atoms with Gasteiger partial charge in [0.05, 0.1) is 30.0 Å². The average molecular weight is 616 g/mol. The molecule has 1 aromatic heterocycles. The van der Waals surface area contributed by atoms with Gasteiger partial charge in [0.1, 0.15) is 24.2 Å². The third-order valence-corrected chi connectivity index (χ3v) is 8.55. The molecule has 44 heavy (non-hydrogen) atoms. The van der Waals surface area contributed by atoms with Gasteiger partial charge >= 0.3 is 0 Å². The first-order valence-corrected chi connectivity index (χ1v) is 15.1. The molecule has 1 aliphatic heterocycles. The second-order valence-corrected chi connectivity index (χ2v) is 11.1. The Labute approximate surface area is 259 Å². The molecular formula is C34H34FN3O5S. The molecule has 8 nitrogen and oxygen atoms in total. The lowest BCUT2D eigenvalue weighted by atomic mass is 9.94. The summed E-state index contributed by atoms with van der Waals surface area (Å²) in [4.78, 5) is 34.9. The predicted octanol–water partition coefficient (Wildman–Crippen LogP) is 4.84. The number of aromatic nitrogens is 1. The molecule has 5 rings (SSSR count). The fourth-order valence-corrected chi connectivity index (χ4v) is 6.32. The minimum absolute atomic E-state index is 0.0395. The molecule has 0 saturated heterocycles. The summed E-state index contributed by atoms with van der Waals surface area (Å²) in [5.74, 6) is 0.944. The Morgan fingerprint density at radius 1 is 1.00 bits per heavy atom. The molecule has 1 atom stereocenters. The molecule has 1 aliphatic rings. The zero-order valence-corrected chi connectivity index (χ0v) is 26.1. The summed E-state index contributed by atoms with van der Waals surface area (Å²) < 4.78 is 33.2. The van der Waals surface area contributed by atoms with E-state index in [1.54, 1.807) is 66.0 Å². The van der Waals surface area contributed by atoms with E-state index in [2.05, 4.69) is 0 Å². The molecule has 0 unspecified atom stereocenters. The lowest BCUT2D eigenvalue weighted by Crippen LogP contribution is -2.43. The van der Waals surface area contributed by atoms with Gasteiger partial charge in [0.2, 0.25) is 0 Å². The number of hydrogen-bond acceptors (Lipinski definition) is 7. The van der Waals surface area contributed by atoms with Crippen LogP contribution in [0.1, 0.15) is 43.5 Å². The summed E-state index contributed by atoms with van der Waals surface area (Å²) in [6, 6.07) is 18.4. The number of thiazole rings is 1. The van der Waals surface area contributed by atoms with Crippen molar-refractivity contribution in [3.05, 3.63) is 120 Å². The van der Waals surface area contributed by atoms with E-state index in [-0.39, 0.29) is 23.9 Å². The number of ether oxygens (including phenoxy) is 3. The Kier molecular flexibility index (Phi) is 9.29. The van der Waals surface area contributed by atoms with Gasteiger partial charge in [-0.25, -0.2) is 9.38 Å². The van der Waals surface area contributed by atoms with Gasteiger partial charge in [0, 0.05) is 24.2 Å². The summed E-state index contributed by atoms with van der Waals surface area (Å²) in [6.07, 6.45) is 1.76. The number of carbonyl (C=O) groups excluding carboxylic acids is 1. The maximum atomic E-state index is 14.1. The standard InChI is InChI=1S/C34H34FN3O5S/c1-6-37(7-2)33(40)30-21(3)36-34-38(31(30)24-13-9-11-15-26(24)41-4)32(39)29(44-34)19-22-16-17-27(28(18-22)42-5)43-20-23-12-8-10-14-25(23)35/h8-19,31H,6-7,20H2,1-5H3/b29-19+/t31-/m1/s1. The van der Waals surface area contributed by atoms with Gasteiger partial charge in [-0.3, -0.25) is 14.2 Å². The Balaban J connectivity index is 1.59. The number of carbonyl (C=O) groups is 1. The molecule has 3 aromatic carbocycles. The Morgan fingerprint density at radius 2 is 1.70 bits per heavy atom. The van der Waals surface area contributed by atoms with E-state index < -0.39 is 6.04 Å². The van der Waals surface area contributed by atoms with E-state index in [9.17, 15) is 14.0 Å². The van der Waals surface area contributed by atoms with E-state index >= 15 is 0 Å². The quantitative estimate of drug-likeness (QED) is 0.255. The van der Waals surface area contributed by atoms with Crippen LogP contribution >= 0.6 is 11.3 Å². The van der Waals surface area contributed by atoms with Crippen LogP contribution in [0.2, 0.25) is 0 Å². The van der Waals surface area contributed by atoms with Crippen LogP contribution in [0.4, 0.5) is 4.39 Å². The summed E-state index contributed by atoms with van der Waals surface area (Å²) in [6.45, 7) is 6.75. The van der Waals surface area contributed by atoms with Crippen molar-refractivity contribution >= 4 is 23.3 Å². The van der Waals surface area contributed by atoms with Crippen molar-refractivity contribution in [3.8, 4) is 17.2 Å². The van der Waals surface area contributed by atoms with Gasteiger partial charge in [-0.05, 0) is 56.7 Å². The van der Waals surface area contributed by atoms with Crippen molar-refractivity contribution < 1.29 is 23.4 Å².